The minimum absolute atomic E-state index is 0.121. The summed E-state index contributed by atoms with van der Waals surface area (Å²) in [5.74, 6) is 0. The molecule has 0 atom stereocenters. The van der Waals surface area contributed by atoms with Crippen molar-refractivity contribution < 1.29 is 4.79 Å². The Labute approximate surface area is 113 Å². The number of carbonyl (C=O) groups excluding carboxylic acids is 1. The van der Waals surface area contributed by atoms with Crippen LogP contribution in [-0.2, 0) is 6.54 Å². The van der Waals surface area contributed by atoms with E-state index in [4.69, 9.17) is 0 Å². The van der Waals surface area contributed by atoms with Crippen molar-refractivity contribution in [1.29, 1.82) is 0 Å². The van der Waals surface area contributed by atoms with Crippen LogP contribution in [0.1, 0.15) is 20.8 Å². The molecule has 0 fully saturated rings. The number of hydrogen-bond acceptors (Lipinski definition) is 1. The highest BCUT2D eigenvalue weighted by atomic mass is 16.2. The van der Waals surface area contributed by atoms with Crippen LogP contribution in [0.4, 0.5) is 4.79 Å². The molecule has 0 aliphatic carbocycles. The third kappa shape index (κ3) is 3.74. The fraction of sp³-hybridized carbons (Fsp3) is 0.400. The predicted molar refractivity (Wildman–Crippen MR) is 78.2 cm³/mol. The van der Waals surface area contributed by atoms with Gasteiger partial charge in [-0.2, -0.15) is 0 Å². The highest BCUT2D eigenvalue weighted by Crippen LogP contribution is 2.14. The monoisotopic (exact) mass is 259 g/mol. The van der Waals surface area contributed by atoms with Crippen molar-refractivity contribution in [3.8, 4) is 0 Å². The third-order valence-corrected chi connectivity index (χ3v) is 2.81. The second kappa shape index (κ2) is 5.34. The van der Waals surface area contributed by atoms with Crippen LogP contribution in [0.15, 0.2) is 36.5 Å². The van der Waals surface area contributed by atoms with Gasteiger partial charge in [-0.05, 0) is 38.3 Å². The molecule has 102 valence electrons. The van der Waals surface area contributed by atoms with Crippen LogP contribution in [0.25, 0.3) is 10.9 Å². The molecule has 0 radical (unpaired) electrons. The van der Waals surface area contributed by atoms with E-state index in [1.807, 2.05) is 39.1 Å². The summed E-state index contributed by atoms with van der Waals surface area (Å²) in [5, 5.41) is 6.97. The molecule has 0 saturated heterocycles. The first kappa shape index (κ1) is 13.5. The summed E-state index contributed by atoms with van der Waals surface area (Å²) in [7, 11) is 0. The van der Waals surface area contributed by atoms with Crippen molar-refractivity contribution in [3.05, 3.63) is 36.5 Å². The Morgan fingerprint density at radius 2 is 1.95 bits per heavy atom. The minimum atomic E-state index is -0.204. The number of para-hydroxylation sites is 1. The first-order valence-corrected chi connectivity index (χ1v) is 6.56. The van der Waals surface area contributed by atoms with Crippen LogP contribution in [0.3, 0.4) is 0 Å². The first-order valence-electron chi connectivity index (χ1n) is 6.56. The van der Waals surface area contributed by atoms with Crippen molar-refractivity contribution in [2.45, 2.75) is 32.9 Å². The molecule has 2 rings (SSSR count). The van der Waals surface area contributed by atoms with Gasteiger partial charge in [0.25, 0.3) is 0 Å². The molecular formula is C15H21N3O. The zero-order valence-electron chi connectivity index (χ0n) is 11.7. The van der Waals surface area contributed by atoms with Gasteiger partial charge in [0.15, 0.2) is 0 Å². The third-order valence-electron chi connectivity index (χ3n) is 2.81. The summed E-state index contributed by atoms with van der Waals surface area (Å²) < 4.78 is 2.15. The topological polar surface area (TPSA) is 46.1 Å². The summed E-state index contributed by atoms with van der Waals surface area (Å²) in [5.41, 5.74) is 0.991. The van der Waals surface area contributed by atoms with E-state index in [9.17, 15) is 4.79 Å². The number of benzene rings is 1. The number of aromatic nitrogens is 1. The molecule has 4 heteroatoms. The van der Waals surface area contributed by atoms with Gasteiger partial charge in [-0.15, -0.1) is 0 Å². The lowest BCUT2D eigenvalue weighted by molar-refractivity contribution is 0.231. The van der Waals surface area contributed by atoms with Crippen LogP contribution in [-0.4, -0.2) is 22.7 Å². The Kier molecular flexibility index (Phi) is 3.79. The van der Waals surface area contributed by atoms with Crippen LogP contribution in [0, 0.1) is 0 Å². The summed E-state index contributed by atoms with van der Waals surface area (Å²) >= 11 is 0. The van der Waals surface area contributed by atoms with E-state index in [-0.39, 0.29) is 11.6 Å². The lowest BCUT2D eigenvalue weighted by atomic mass is 10.1. The molecule has 19 heavy (non-hydrogen) atoms. The van der Waals surface area contributed by atoms with Crippen molar-refractivity contribution >= 4 is 16.9 Å². The lowest BCUT2D eigenvalue weighted by Gasteiger charge is -2.20. The molecule has 2 N–H and O–H groups in total. The summed E-state index contributed by atoms with van der Waals surface area (Å²) in [6, 6.07) is 10.2. The van der Waals surface area contributed by atoms with Crippen LogP contribution in [0.5, 0.6) is 0 Å². The smallest absolute Gasteiger partial charge is 0.315 e. The summed E-state index contributed by atoms with van der Waals surface area (Å²) in [6.45, 7) is 7.27. The molecule has 0 saturated carbocycles. The fourth-order valence-corrected chi connectivity index (χ4v) is 2.01. The molecule has 2 amide bonds. The number of nitrogens with zero attached hydrogens (tertiary/aromatic N) is 1. The van der Waals surface area contributed by atoms with E-state index in [2.05, 4.69) is 33.4 Å². The van der Waals surface area contributed by atoms with Gasteiger partial charge in [-0.1, -0.05) is 18.2 Å². The molecular weight excluding hydrogens is 238 g/mol. The second-order valence-corrected chi connectivity index (χ2v) is 5.70. The number of urea groups is 1. The van der Waals surface area contributed by atoms with Gasteiger partial charge in [0.1, 0.15) is 0 Å². The maximum Gasteiger partial charge on any atom is 0.315 e. The van der Waals surface area contributed by atoms with E-state index in [0.29, 0.717) is 6.54 Å². The second-order valence-electron chi connectivity index (χ2n) is 5.70. The number of fused-ring (bicyclic) bond motifs is 1. The van der Waals surface area contributed by atoms with Crippen LogP contribution >= 0.6 is 0 Å². The quantitative estimate of drug-likeness (QED) is 0.874. The standard InChI is InChI=1S/C15H21N3O/c1-15(2,3)17-14(19)16-9-11-18-10-8-12-6-4-5-7-13(12)18/h4-8,10H,9,11H2,1-3H3,(H2,16,17,19). The van der Waals surface area contributed by atoms with E-state index in [1.165, 1.54) is 10.9 Å². The Morgan fingerprint density at radius 1 is 1.21 bits per heavy atom. The molecule has 0 spiro atoms. The maximum atomic E-state index is 11.6. The van der Waals surface area contributed by atoms with Gasteiger partial charge < -0.3 is 15.2 Å². The molecule has 2 aromatic rings. The molecule has 0 unspecified atom stereocenters. The highest BCUT2D eigenvalue weighted by Gasteiger charge is 2.12. The van der Waals surface area contributed by atoms with E-state index < -0.39 is 0 Å². The van der Waals surface area contributed by atoms with Crippen LogP contribution in [0.2, 0.25) is 0 Å². The lowest BCUT2D eigenvalue weighted by Crippen LogP contribution is -2.47. The van der Waals surface area contributed by atoms with Crippen molar-refractivity contribution in [3.63, 3.8) is 0 Å². The molecule has 1 heterocycles. The minimum Gasteiger partial charge on any atom is -0.346 e. The normalized spacial score (nSPS) is 11.5. The summed E-state index contributed by atoms with van der Waals surface area (Å²) in [6.07, 6.45) is 2.05. The summed E-state index contributed by atoms with van der Waals surface area (Å²) in [4.78, 5) is 11.6. The fourth-order valence-electron chi connectivity index (χ4n) is 2.01. The predicted octanol–water partition coefficient (Wildman–Crippen LogP) is 2.74. The van der Waals surface area contributed by atoms with Gasteiger partial charge in [0, 0.05) is 30.3 Å². The van der Waals surface area contributed by atoms with E-state index >= 15 is 0 Å². The first-order chi connectivity index (χ1) is 8.96. The zero-order valence-corrected chi connectivity index (χ0v) is 11.7. The molecule has 0 aliphatic heterocycles. The molecule has 4 nitrogen and oxygen atoms in total. The van der Waals surface area contributed by atoms with Gasteiger partial charge in [-0.3, -0.25) is 0 Å². The number of hydrogen-bond donors (Lipinski definition) is 2. The average molecular weight is 259 g/mol. The van der Waals surface area contributed by atoms with Gasteiger partial charge in [0.05, 0.1) is 0 Å². The van der Waals surface area contributed by atoms with Crippen molar-refractivity contribution in [1.82, 2.24) is 15.2 Å². The number of rotatable bonds is 3. The Balaban J connectivity index is 1.88. The zero-order chi connectivity index (χ0) is 13.9. The van der Waals surface area contributed by atoms with Gasteiger partial charge in [-0.25, -0.2) is 4.79 Å². The molecule has 1 aromatic carbocycles. The maximum absolute atomic E-state index is 11.6. The average Bonchev–Trinajstić information content (AvgIpc) is 2.70. The number of carbonyl (C=O) groups is 1. The number of nitrogens with one attached hydrogen (secondary N) is 2. The molecule has 1 aromatic heterocycles. The SMILES string of the molecule is CC(C)(C)NC(=O)NCCn1ccc2ccccc21. The van der Waals surface area contributed by atoms with Crippen LogP contribution < -0.4 is 10.6 Å². The Morgan fingerprint density at radius 3 is 2.68 bits per heavy atom. The largest absolute Gasteiger partial charge is 0.346 e. The van der Waals surface area contributed by atoms with Gasteiger partial charge in [0.2, 0.25) is 0 Å². The van der Waals surface area contributed by atoms with E-state index in [0.717, 1.165) is 6.54 Å². The Hall–Kier alpha value is -1.97. The van der Waals surface area contributed by atoms with Crippen molar-refractivity contribution in [2.75, 3.05) is 6.54 Å². The van der Waals surface area contributed by atoms with E-state index in [1.54, 1.807) is 0 Å². The highest BCUT2D eigenvalue weighted by molar-refractivity contribution is 5.80. The molecule has 0 bridgehead atoms. The van der Waals surface area contributed by atoms with Crippen molar-refractivity contribution in [2.24, 2.45) is 0 Å². The number of amides is 2. The molecule has 0 aliphatic rings. The van der Waals surface area contributed by atoms with Gasteiger partial charge >= 0.3 is 6.03 Å². The Bertz CT molecular complexity index is 566.